The van der Waals surface area contributed by atoms with Crippen LogP contribution in [0.2, 0.25) is 0 Å². The van der Waals surface area contributed by atoms with E-state index < -0.39 is 18.5 Å². The van der Waals surface area contributed by atoms with Crippen LogP contribution in [0.5, 0.6) is 11.5 Å². The molecule has 0 unspecified atom stereocenters. The molecule has 6 nitrogen and oxygen atoms in total. The van der Waals surface area contributed by atoms with E-state index in [-0.39, 0.29) is 11.3 Å². The molecule has 17 heavy (non-hydrogen) atoms. The molecule has 0 heterocycles. The molecule has 0 spiro atoms. The van der Waals surface area contributed by atoms with Gasteiger partial charge < -0.3 is 19.3 Å². The van der Waals surface area contributed by atoms with Crippen molar-refractivity contribution in [3.8, 4) is 11.5 Å². The van der Waals surface area contributed by atoms with E-state index in [2.05, 4.69) is 4.74 Å². The summed E-state index contributed by atoms with van der Waals surface area (Å²) in [6, 6.07) is 4.43. The van der Waals surface area contributed by atoms with Gasteiger partial charge in [-0.3, -0.25) is 0 Å². The number of carbonyl (C=O) groups is 2. The Balaban J connectivity index is 3.01. The lowest BCUT2D eigenvalue weighted by atomic mass is 10.2. The molecule has 92 valence electrons. The van der Waals surface area contributed by atoms with Gasteiger partial charge >= 0.3 is 11.9 Å². The molecule has 0 radical (unpaired) electrons. The van der Waals surface area contributed by atoms with Gasteiger partial charge in [-0.1, -0.05) is 0 Å². The maximum absolute atomic E-state index is 11.4. The van der Waals surface area contributed by atoms with E-state index in [1.807, 2.05) is 0 Å². The average Bonchev–Trinajstić information content (AvgIpc) is 2.35. The molecule has 0 aliphatic rings. The molecule has 1 aromatic rings. The van der Waals surface area contributed by atoms with Crippen molar-refractivity contribution in [3.63, 3.8) is 0 Å². The number of aliphatic carboxylic acids is 1. The van der Waals surface area contributed by atoms with E-state index in [4.69, 9.17) is 14.6 Å². The summed E-state index contributed by atoms with van der Waals surface area (Å²) in [6.07, 6.45) is 0. The van der Waals surface area contributed by atoms with Crippen LogP contribution in [0.25, 0.3) is 0 Å². The minimum Gasteiger partial charge on any atom is -0.497 e. The molecule has 1 N–H and O–H groups in total. The number of carbonyl (C=O) groups excluding carboxylic acids is 1. The highest BCUT2D eigenvalue weighted by Crippen LogP contribution is 2.24. The van der Waals surface area contributed by atoms with E-state index >= 15 is 0 Å². The number of carboxylic acid groups (broad SMARTS) is 1. The molecule has 0 amide bonds. The van der Waals surface area contributed by atoms with E-state index in [0.717, 1.165) is 0 Å². The largest absolute Gasteiger partial charge is 0.497 e. The highest BCUT2D eigenvalue weighted by atomic mass is 16.5. The Morgan fingerprint density at radius 2 is 2.00 bits per heavy atom. The number of esters is 1. The third kappa shape index (κ3) is 3.37. The minimum absolute atomic E-state index is 0.119. The van der Waals surface area contributed by atoms with Crippen LogP contribution in [0.15, 0.2) is 18.2 Å². The topological polar surface area (TPSA) is 82.1 Å². The van der Waals surface area contributed by atoms with Gasteiger partial charge in [0.25, 0.3) is 0 Å². The fourth-order valence-electron chi connectivity index (χ4n) is 1.17. The molecule has 1 aromatic carbocycles. The fraction of sp³-hybridized carbons (Fsp3) is 0.273. The third-order valence-corrected chi connectivity index (χ3v) is 1.94. The SMILES string of the molecule is COC(=O)c1cc(OC)ccc1OCC(=O)O. The molecule has 0 aliphatic heterocycles. The Kier molecular flexibility index (Phi) is 4.33. The van der Waals surface area contributed by atoms with Crippen molar-refractivity contribution in [3.05, 3.63) is 23.8 Å². The Morgan fingerprint density at radius 1 is 1.29 bits per heavy atom. The number of ether oxygens (including phenoxy) is 3. The van der Waals surface area contributed by atoms with E-state index in [1.165, 1.54) is 26.4 Å². The second-order valence-corrected chi connectivity index (χ2v) is 3.04. The van der Waals surface area contributed by atoms with Crippen molar-refractivity contribution >= 4 is 11.9 Å². The van der Waals surface area contributed by atoms with Crippen LogP contribution in [-0.2, 0) is 9.53 Å². The zero-order valence-electron chi connectivity index (χ0n) is 9.43. The van der Waals surface area contributed by atoms with Gasteiger partial charge in [0.1, 0.15) is 17.1 Å². The Hall–Kier alpha value is -2.24. The van der Waals surface area contributed by atoms with Crippen molar-refractivity contribution in [2.75, 3.05) is 20.8 Å². The number of benzene rings is 1. The summed E-state index contributed by atoms with van der Waals surface area (Å²) in [5.41, 5.74) is 0.119. The van der Waals surface area contributed by atoms with Gasteiger partial charge in [0.05, 0.1) is 14.2 Å². The van der Waals surface area contributed by atoms with Crippen molar-refractivity contribution in [2.45, 2.75) is 0 Å². The normalized spacial score (nSPS) is 9.53. The zero-order chi connectivity index (χ0) is 12.8. The second kappa shape index (κ2) is 5.74. The highest BCUT2D eigenvalue weighted by molar-refractivity contribution is 5.93. The predicted octanol–water partition coefficient (Wildman–Crippen LogP) is 0.945. The molecule has 0 fully saturated rings. The molecular formula is C11H12O6. The molecule has 6 heteroatoms. The van der Waals surface area contributed by atoms with Crippen LogP contribution in [0, 0.1) is 0 Å². The van der Waals surface area contributed by atoms with Crippen LogP contribution >= 0.6 is 0 Å². The lowest BCUT2D eigenvalue weighted by Gasteiger charge is -2.10. The zero-order valence-corrected chi connectivity index (χ0v) is 9.43. The van der Waals surface area contributed by atoms with Crippen molar-refractivity contribution in [1.29, 1.82) is 0 Å². The molecule has 0 atom stereocenters. The van der Waals surface area contributed by atoms with E-state index in [1.54, 1.807) is 6.07 Å². The van der Waals surface area contributed by atoms with Crippen molar-refractivity contribution < 1.29 is 28.9 Å². The van der Waals surface area contributed by atoms with Crippen LogP contribution in [0.1, 0.15) is 10.4 Å². The van der Waals surface area contributed by atoms with Crippen molar-refractivity contribution in [1.82, 2.24) is 0 Å². The maximum Gasteiger partial charge on any atom is 0.341 e. The van der Waals surface area contributed by atoms with Gasteiger partial charge in [0, 0.05) is 0 Å². The van der Waals surface area contributed by atoms with Gasteiger partial charge in [0.2, 0.25) is 0 Å². The second-order valence-electron chi connectivity index (χ2n) is 3.04. The Bertz CT molecular complexity index is 426. The summed E-state index contributed by atoms with van der Waals surface area (Å²) in [6.45, 7) is -0.531. The first kappa shape index (κ1) is 12.8. The predicted molar refractivity (Wildman–Crippen MR) is 57.5 cm³/mol. The first-order valence-electron chi connectivity index (χ1n) is 4.69. The number of hydrogen-bond acceptors (Lipinski definition) is 5. The smallest absolute Gasteiger partial charge is 0.341 e. The number of hydrogen-bond donors (Lipinski definition) is 1. The molecule has 0 aliphatic carbocycles. The summed E-state index contributed by atoms with van der Waals surface area (Å²) in [5.74, 6) is -1.16. The molecule has 0 saturated heterocycles. The summed E-state index contributed by atoms with van der Waals surface area (Å²) >= 11 is 0. The minimum atomic E-state index is -1.13. The lowest BCUT2D eigenvalue weighted by Crippen LogP contribution is -2.12. The monoisotopic (exact) mass is 240 g/mol. The first-order chi connectivity index (χ1) is 8.08. The summed E-state index contributed by atoms with van der Waals surface area (Å²) < 4.78 is 14.5. The van der Waals surface area contributed by atoms with E-state index in [0.29, 0.717) is 5.75 Å². The molecule has 1 rings (SSSR count). The van der Waals surface area contributed by atoms with Crippen LogP contribution in [-0.4, -0.2) is 37.9 Å². The van der Waals surface area contributed by atoms with Gasteiger partial charge in [-0.05, 0) is 18.2 Å². The summed E-state index contributed by atoms with van der Waals surface area (Å²) in [5, 5.41) is 8.50. The standard InChI is InChI=1S/C11H12O6/c1-15-7-3-4-9(17-6-10(12)13)8(5-7)11(14)16-2/h3-5H,6H2,1-2H3,(H,12,13). The van der Waals surface area contributed by atoms with Crippen LogP contribution in [0.3, 0.4) is 0 Å². The Morgan fingerprint density at radius 3 is 2.53 bits per heavy atom. The van der Waals surface area contributed by atoms with Gasteiger partial charge in [0.15, 0.2) is 6.61 Å². The highest BCUT2D eigenvalue weighted by Gasteiger charge is 2.15. The molecule has 0 aromatic heterocycles. The summed E-state index contributed by atoms with van der Waals surface area (Å²) in [7, 11) is 2.68. The van der Waals surface area contributed by atoms with Gasteiger partial charge in [-0.2, -0.15) is 0 Å². The lowest BCUT2D eigenvalue weighted by molar-refractivity contribution is -0.139. The van der Waals surface area contributed by atoms with Gasteiger partial charge in [-0.25, -0.2) is 9.59 Å². The number of methoxy groups -OCH3 is 2. The van der Waals surface area contributed by atoms with Crippen LogP contribution in [0.4, 0.5) is 0 Å². The van der Waals surface area contributed by atoms with Crippen LogP contribution < -0.4 is 9.47 Å². The van der Waals surface area contributed by atoms with Gasteiger partial charge in [-0.15, -0.1) is 0 Å². The number of carboxylic acids is 1. The molecule has 0 bridgehead atoms. The maximum atomic E-state index is 11.4. The fourth-order valence-corrected chi connectivity index (χ4v) is 1.17. The summed E-state index contributed by atoms with van der Waals surface area (Å²) in [4.78, 5) is 21.8. The number of rotatable bonds is 5. The van der Waals surface area contributed by atoms with Crippen molar-refractivity contribution in [2.24, 2.45) is 0 Å². The quantitative estimate of drug-likeness (QED) is 0.771. The third-order valence-electron chi connectivity index (χ3n) is 1.94. The molecule has 0 saturated carbocycles. The average molecular weight is 240 g/mol. The first-order valence-corrected chi connectivity index (χ1v) is 4.69. The Labute approximate surface area is 97.7 Å². The van der Waals surface area contributed by atoms with E-state index in [9.17, 15) is 9.59 Å². The molecular weight excluding hydrogens is 228 g/mol.